The molecule has 0 saturated heterocycles. The van der Waals surface area contributed by atoms with E-state index >= 15 is 0 Å². The van der Waals surface area contributed by atoms with Gasteiger partial charge in [0.1, 0.15) is 24.7 Å². The summed E-state index contributed by atoms with van der Waals surface area (Å²) in [5.41, 5.74) is 4.55. The summed E-state index contributed by atoms with van der Waals surface area (Å²) >= 11 is 0. The lowest BCUT2D eigenvalue weighted by Crippen LogP contribution is -2.26. The maximum Gasteiger partial charge on any atom is 0.416 e. The normalized spacial score (nSPS) is 11.9. The molecule has 8 heteroatoms. The van der Waals surface area contributed by atoms with E-state index in [1.54, 1.807) is 12.1 Å². The first-order chi connectivity index (χ1) is 19.7. The number of nitrogens with one attached hydrogen (secondary N) is 1. The quantitative estimate of drug-likeness (QED) is 0.143. The molecule has 41 heavy (non-hydrogen) atoms. The van der Waals surface area contributed by atoms with Crippen molar-refractivity contribution in [3.63, 3.8) is 0 Å². The molecule has 0 aliphatic carbocycles. The molecule has 0 fully saturated rings. The van der Waals surface area contributed by atoms with Gasteiger partial charge in [0, 0.05) is 0 Å². The lowest BCUT2D eigenvalue weighted by molar-refractivity contribution is -0.137. The third-order valence-corrected chi connectivity index (χ3v) is 6.40. The largest absolute Gasteiger partial charge is 0.492 e. The van der Waals surface area contributed by atoms with Crippen LogP contribution in [0, 0.1) is 0 Å². The highest BCUT2D eigenvalue weighted by Gasteiger charge is 2.30. The third-order valence-electron chi connectivity index (χ3n) is 6.40. The van der Waals surface area contributed by atoms with E-state index in [2.05, 4.69) is 5.32 Å². The molecule has 0 bridgehead atoms. The molecule has 0 heterocycles. The Bertz CT molecular complexity index is 1450. The number of hydrogen-bond acceptors (Lipinski definition) is 3. The summed E-state index contributed by atoms with van der Waals surface area (Å²) in [5.74, 6) is 1.26. The number of allylic oxidation sites excluding steroid dienone is 1. The number of halogens is 3. The maximum absolute atomic E-state index is 13.2. The zero-order valence-corrected chi connectivity index (χ0v) is 22.4. The second-order valence-electron chi connectivity index (χ2n) is 9.19. The molecule has 0 aliphatic heterocycles. The summed E-state index contributed by atoms with van der Waals surface area (Å²) in [4.78, 5) is 10.6. The average molecular weight is 562 g/mol. The van der Waals surface area contributed by atoms with Crippen molar-refractivity contribution >= 4 is 17.2 Å². The van der Waals surface area contributed by atoms with Gasteiger partial charge in [-0.3, -0.25) is 0 Å². The number of benzene rings is 4. The van der Waals surface area contributed by atoms with E-state index in [1.165, 1.54) is 12.1 Å². The summed E-state index contributed by atoms with van der Waals surface area (Å²) < 4.78 is 51.2. The van der Waals surface area contributed by atoms with E-state index in [1.807, 2.05) is 73.7 Å². The van der Waals surface area contributed by atoms with Gasteiger partial charge in [-0.15, -0.1) is 0 Å². The van der Waals surface area contributed by atoms with Crippen molar-refractivity contribution in [1.82, 2.24) is 5.32 Å². The van der Waals surface area contributed by atoms with Gasteiger partial charge in [0.05, 0.1) is 12.1 Å². The molecule has 0 aliphatic rings. The molecule has 0 radical (unpaired) electrons. The van der Waals surface area contributed by atoms with Crippen LogP contribution in [0.25, 0.3) is 11.1 Å². The molecule has 4 rings (SSSR count). The molecule has 0 atom stereocenters. The van der Waals surface area contributed by atoms with Gasteiger partial charge in [-0.25, -0.2) is 4.79 Å². The van der Waals surface area contributed by atoms with Crippen molar-refractivity contribution < 1.29 is 32.5 Å². The van der Waals surface area contributed by atoms with Crippen molar-refractivity contribution in [3.05, 3.63) is 131 Å². The summed E-state index contributed by atoms with van der Waals surface area (Å²) in [6, 6.07) is 30.0. The standard InChI is InChI=1S/C33H30F3NO4/c1-2-30(24-8-14-27(15-9-24)33(34,35)36)31(25-10-16-28(17-11-25)40-21-20-37-32(38)39)26-12-18-29(19-13-26)41-22-23-6-4-3-5-7-23/h3-19,37H,2,20-22H2,1H3,(H,38,39)/b31-30+. The summed E-state index contributed by atoms with van der Waals surface area (Å²) in [6.07, 6.45) is -4.96. The number of amides is 1. The lowest BCUT2D eigenvalue weighted by Gasteiger charge is -2.18. The number of ether oxygens (including phenoxy) is 2. The highest BCUT2D eigenvalue weighted by molar-refractivity contribution is 5.98. The molecule has 0 unspecified atom stereocenters. The van der Waals surface area contributed by atoms with Gasteiger partial charge in [0.25, 0.3) is 0 Å². The fourth-order valence-electron chi connectivity index (χ4n) is 4.40. The Hall–Kier alpha value is -4.72. The molecule has 2 N–H and O–H groups in total. The summed E-state index contributed by atoms with van der Waals surface area (Å²) in [5, 5.41) is 11.0. The summed E-state index contributed by atoms with van der Waals surface area (Å²) in [6.45, 7) is 2.72. The Morgan fingerprint density at radius 1 is 0.756 bits per heavy atom. The highest BCUT2D eigenvalue weighted by atomic mass is 19.4. The van der Waals surface area contributed by atoms with Crippen LogP contribution in [0.1, 0.15) is 41.2 Å². The van der Waals surface area contributed by atoms with Crippen LogP contribution in [0.4, 0.5) is 18.0 Å². The Morgan fingerprint density at radius 3 is 1.80 bits per heavy atom. The number of hydrogen-bond donors (Lipinski definition) is 2. The van der Waals surface area contributed by atoms with Crippen LogP contribution in [-0.2, 0) is 12.8 Å². The fourth-order valence-corrected chi connectivity index (χ4v) is 4.40. The number of rotatable bonds is 11. The van der Waals surface area contributed by atoms with Gasteiger partial charge < -0.3 is 19.9 Å². The monoisotopic (exact) mass is 561 g/mol. The van der Waals surface area contributed by atoms with Crippen molar-refractivity contribution in [3.8, 4) is 11.5 Å². The van der Waals surface area contributed by atoms with Crippen LogP contribution in [0.5, 0.6) is 11.5 Å². The van der Waals surface area contributed by atoms with E-state index in [0.29, 0.717) is 30.1 Å². The lowest BCUT2D eigenvalue weighted by atomic mass is 9.88. The smallest absolute Gasteiger partial charge is 0.416 e. The molecule has 212 valence electrons. The van der Waals surface area contributed by atoms with Crippen LogP contribution < -0.4 is 14.8 Å². The topological polar surface area (TPSA) is 67.8 Å². The van der Waals surface area contributed by atoms with Crippen LogP contribution in [0.3, 0.4) is 0 Å². The van der Waals surface area contributed by atoms with Crippen molar-refractivity contribution in [2.45, 2.75) is 26.1 Å². The Kier molecular flexibility index (Phi) is 9.68. The van der Waals surface area contributed by atoms with Crippen molar-refractivity contribution in [2.75, 3.05) is 13.2 Å². The molecular weight excluding hydrogens is 531 g/mol. The predicted octanol–water partition coefficient (Wildman–Crippen LogP) is 8.30. The first-order valence-corrected chi connectivity index (χ1v) is 13.1. The van der Waals surface area contributed by atoms with Crippen molar-refractivity contribution in [2.24, 2.45) is 0 Å². The predicted molar refractivity (Wildman–Crippen MR) is 153 cm³/mol. The Labute approximate surface area is 236 Å². The SMILES string of the molecule is CC/C(=C(/c1ccc(OCCNC(=O)O)cc1)c1ccc(OCc2ccccc2)cc1)c1ccc(C(F)(F)F)cc1. The second-order valence-corrected chi connectivity index (χ2v) is 9.19. The van der Waals surface area contributed by atoms with Gasteiger partial charge >= 0.3 is 12.3 Å². The molecular formula is C33H30F3NO4. The molecule has 4 aromatic carbocycles. The minimum absolute atomic E-state index is 0.148. The van der Waals surface area contributed by atoms with Gasteiger partial charge in [0.15, 0.2) is 0 Å². The fraction of sp³-hybridized carbons (Fsp3) is 0.182. The van der Waals surface area contributed by atoms with Gasteiger partial charge in [-0.1, -0.05) is 73.7 Å². The molecule has 0 saturated carbocycles. The van der Waals surface area contributed by atoms with Crippen LogP contribution in [-0.4, -0.2) is 24.4 Å². The van der Waals surface area contributed by atoms with Gasteiger partial charge in [0.2, 0.25) is 0 Å². The van der Waals surface area contributed by atoms with E-state index in [0.717, 1.165) is 40.0 Å². The second kappa shape index (κ2) is 13.6. The zero-order chi connectivity index (χ0) is 29.2. The molecule has 1 amide bonds. The first-order valence-electron chi connectivity index (χ1n) is 13.1. The minimum Gasteiger partial charge on any atom is -0.492 e. The molecule has 5 nitrogen and oxygen atoms in total. The van der Waals surface area contributed by atoms with Crippen LogP contribution in [0.2, 0.25) is 0 Å². The van der Waals surface area contributed by atoms with E-state index in [9.17, 15) is 18.0 Å². The van der Waals surface area contributed by atoms with Gasteiger partial charge in [-0.05, 0) is 76.2 Å². The molecule has 4 aromatic rings. The number of carbonyl (C=O) groups is 1. The summed E-state index contributed by atoms with van der Waals surface area (Å²) in [7, 11) is 0. The van der Waals surface area contributed by atoms with Crippen molar-refractivity contribution in [1.29, 1.82) is 0 Å². The van der Waals surface area contributed by atoms with Crippen LogP contribution in [0.15, 0.2) is 103 Å². The Balaban J connectivity index is 1.66. The number of alkyl halides is 3. The Morgan fingerprint density at radius 2 is 1.29 bits per heavy atom. The van der Waals surface area contributed by atoms with E-state index in [4.69, 9.17) is 14.6 Å². The highest BCUT2D eigenvalue weighted by Crippen LogP contribution is 2.37. The first kappa shape index (κ1) is 29.3. The van der Waals surface area contributed by atoms with Gasteiger partial charge in [-0.2, -0.15) is 13.2 Å². The third kappa shape index (κ3) is 8.14. The average Bonchev–Trinajstić information content (AvgIpc) is 2.98. The maximum atomic E-state index is 13.2. The van der Waals surface area contributed by atoms with E-state index in [-0.39, 0.29) is 13.2 Å². The van der Waals surface area contributed by atoms with E-state index < -0.39 is 17.8 Å². The molecule has 0 aromatic heterocycles. The zero-order valence-electron chi connectivity index (χ0n) is 22.4. The molecule has 0 spiro atoms. The number of carboxylic acid groups (broad SMARTS) is 1. The minimum atomic E-state index is -4.41. The van der Waals surface area contributed by atoms with Crippen LogP contribution >= 0.6 is 0 Å².